The molecule has 0 spiro atoms. The summed E-state index contributed by atoms with van der Waals surface area (Å²) in [7, 11) is 0. The highest BCUT2D eigenvalue weighted by molar-refractivity contribution is 7.07. The molecule has 0 saturated carbocycles. The second-order valence-corrected chi connectivity index (χ2v) is 7.55. The predicted molar refractivity (Wildman–Crippen MR) is 98.4 cm³/mol. The number of hydrogen-bond donors (Lipinski definition) is 0. The number of carbonyl (C=O) groups is 1. The monoisotopic (exact) mass is 399 g/mol. The van der Waals surface area contributed by atoms with E-state index in [1.54, 1.807) is 6.92 Å². The van der Waals surface area contributed by atoms with E-state index < -0.39 is 0 Å². The Morgan fingerprint density at radius 1 is 1.21 bits per heavy atom. The molecule has 1 saturated heterocycles. The summed E-state index contributed by atoms with van der Waals surface area (Å²) in [5, 5.41) is 12.4. The highest BCUT2D eigenvalue weighted by Gasteiger charge is 2.30. The summed E-state index contributed by atoms with van der Waals surface area (Å²) in [4.78, 5) is 15.2. The smallest absolute Gasteiger partial charge is 0.267 e. The lowest BCUT2D eigenvalue weighted by Gasteiger charge is -2.30. The maximum atomic E-state index is 12.8. The molecule has 4 heterocycles. The zero-order chi connectivity index (χ0) is 19.1. The van der Waals surface area contributed by atoms with Gasteiger partial charge >= 0.3 is 0 Å². The average Bonchev–Trinajstić information content (AvgIpc) is 3.47. The molecule has 2 aromatic heterocycles. The largest absolute Gasteiger partial charge is 0.454 e. The van der Waals surface area contributed by atoms with Crippen molar-refractivity contribution in [3.05, 3.63) is 34.7 Å². The summed E-state index contributed by atoms with van der Waals surface area (Å²) in [5.41, 5.74) is 1.44. The number of piperidine rings is 1. The van der Waals surface area contributed by atoms with E-state index in [2.05, 4.69) is 19.8 Å². The van der Waals surface area contributed by atoms with E-state index in [-0.39, 0.29) is 18.6 Å². The molecule has 9 nitrogen and oxygen atoms in total. The van der Waals surface area contributed by atoms with Crippen LogP contribution in [0.25, 0.3) is 11.5 Å². The third-order valence-corrected chi connectivity index (χ3v) is 5.78. The SMILES string of the molecule is Cc1nnsc1C(=O)N1CCC[C@@H](c2nnc(-c3ccc4c(c3)OCO4)o2)C1. The first-order chi connectivity index (χ1) is 13.7. The minimum absolute atomic E-state index is 0.00847. The van der Waals surface area contributed by atoms with E-state index in [0.717, 1.165) is 29.9 Å². The van der Waals surface area contributed by atoms with Crippen LogP contribution in [0, 0.1) is 6.92 Å². The van der Waals surface area contributed by atoms with Gasteiger partial charge in [0.05, 0.1) is 11.6 Å². The van der Waals surface area contributed by atoms with Crippen LogP contribution < -0.4 is 9.47 Å². The zero-order valence-electron chi connectivity index (χ0n) is 15.1. The van der Waals surface area contributed by atoms with Crippen LogP contribution in [-0.4, -0.2) is 50.5 Å². The molecule has 5 rings (SSSR count). The quantitative estimate of drug-likeness (QED) is 0.662. The lowest BCUT2D eigenvalue weighted by molar-refractivity contribution is 0.0702. The number of aryl methyl sites for hydroxylation is 1. The fourth-order valence-corrected chi connectivity index (χ4v) is 4.11. The van der Waals surface area contributed by atoms with Crippen LogP contribution in [0.4, 0.5) is 0 Å². The second-order valence-electron chi connectivity index (χ2n) is 6.79. The molecule has 3 aromatic rings. The molecule has 0 aliphatic carbocycles. The number of ether oxygens (including phenoxy) is 2. The van der Waals surface area contributed by atoms with Crippen molar-refractivity contribution in [3.8, 4) is 23.0 Å². The van der Waals surface area contributed by atoms with Crippen molar-refractivity contribution < 1.29 is 18.7 Å². The number of amides is 1. The fraction of sp³-hybridized carbons (Fsp3) is 0.389. The van der Waals surface area contributed by atoms with Gasteiger partial charge in [-0.25, -0.2) is 0 Å². The Morgan fingerprint density at radius 3 is 2.96 bits per heavy atom. The van der Waals surface area contributed by atoms with Crippen LogP contribution in [0.3, 0.4) is 0 Å². The van der Waals surface area contributed by atoms with Crippen molar-refractivity contribution in [1.82, 2.24) is 24.7 Å². The van der Waals surface area contributed by atoms with E-state index in [1.165, 1.54) is 0 Å². The van der Waals surface area contributed by atoms with Gasteiger partial charge in [0, 0.05) is 18.7 Å². The highest BCUT2D eigenvalue weighted by atomic mass is 32.1. The zero-order valence-corrected chi connectivity index (χ0v) is 15.9. The van der Waals surface area contributed by atoms with Crippen molar-refractivity contribution in [3.63, 3.8) is 0 Å². The summed E-state index contributed by atoms with van der Waals surface area (Å²) < 4.78 is 20.5. The highest BCUT2D eigenvalue weighted by Crippen LogP contribution is 2.36. The molecule has 0 radical (unpaired) electrons. The van der Waals surface area contributed by atoms with Gasteiger partial charge in [-0.05, 0) is 49.5 Å². The standard InChI is InChI=1S/C18H17N5O4S/c1-10-15(28-22-19-10)18(24)23-6-2-3-12(8-23)17-21-20-16(27-17)11-4-5-13-14(7-11)26-9-25-13/h4-5,7,12H,2-3,6,8-9H2,1H3/t12-/m1/s1. The topological polar surface area (TPSA) is 103 Å². The van der Waals surface area contributed by atoms with Crippen LogP contribution in [-0.2, 0) is 0 Å². The van der Waals surface area contributed by atoms with E-state index in [1.807, 2.05) is 23.1 Å². The van der Waals surface area contributed by atoms with Crippen molar-refractivity contribution in [2.75, 3.05) is 19.9 Å². The number of carbonyl (C=O) groups excluding carboxylic acids is 1. The third kappa shape index (κ3) is 2.99. The summed E-state index contributed by atoms with van der Waals surface area (Å²) in [6, 6.07) is 5.52. The van der Waals surface area contributed by atoms with Crippen LogP contribution in [0.2, 0.25) is 0 Å². The summed E-state index contributed by atoms with van der Waals surface area (Å²) in [5.74, 6) is 2.32. The Bertz CT molecular complexity index is 1030. The van der Waals surface area contributed by atoms with Crippen LogP contribution in [0.5, 0.6) is 11.5 Å². The van der Waals surface area contributed by atoms with E-state index in [0.29, 0.717) is 46.9 Å². The molecule has 0 N–H and O–H groups in total. The number of aromatic nitrogens is 4. The first kappa shape index (κ1) is 17.1. The first-order valence-corrected chi connectivity index (χ1v) is 9.78. The molecule has 0 bridgehead atoms. The van der Waals surface area contributed by atoms with Gasteiger partial charge < -0.3 is 18.8 Å². The Kier molecular flexibility index (Phi) is 4.19. The Morgan fingerprint density at radius 2 is 2.11 bits per heavy atom. The summed E-state index contributed by atoms with van der Waals surface area (Å²) in [6.07, 6.45) is 1.77. The molecule has 144 valence electrons. The van der Waals surface area contributed by atoms with Gasteiger partial charge in [-0.3, -0.25) is 4.79 Å². The molecule has 28 heavy (non-hydrogen) atoms. The van der Waals surface area contributed by atoms with Gasteiger partial charge in [0.1, 0.15) is 4.88 Å². The van der Waals surface area contributed by atoms with Gasteiger partial charge in [-0.2, -0.15) is 0 Å². The third-order valence-electron chi connectivity index (χ3n) is 4.96. The van der Waals surface area contributed by atoms with E-state index in [9.17, 15) is 4.79 Å². The molecule has 10 heteroatoms. The molecule has 1 amide bonds. The molecular formula is C18H17N5O4S. The van der Waals surface area contributed by atoms with Crippen LogP contribution >= 0.6 is 11.5 Å². The van der Waals surface area contributed by atoms with E-state index >= 15 is 0 Å². The molecular weight excluding hydrogens is 382 g/mol. The Labute approximate surface area is 164 Å². The Balaban J connectivity index is 1.34. The van der Waals surface area contributed by atoms with Crippen LogP contribution in [0.1, 0.15) is 40.0 Å². The molecule has 2 aliphatic heterocycles. The molecule has 1 atom stereocenters. The maximum Gasteiger partial charge on any atom is 0.267 e. The summed E-state index contributed by atoms with van der Waals surface area (Å²) >= 11 is 1.13. The van der Waals surface area contributed by atoms with Crippen molar-refractivity contribution >= 4 is 17.4 Å². The lowest BCUT2D eigenvalue weighted by Crippen LogP contribution is -2.39. The molecule has 2 aliphatic rings. The number of rotatable bonds is 3. The number of likely N-dealkylation sites (tertiary alicyclic amines) is 1. The van der Waals surface area contributed by atoms with Gasteiger partial charge in [0.15, 0.2) is 11.5 Å². The van der Waals surface area contributed by atoms with Gasteiger partial charge in [0.25, 0.3) is 5.91 Å². The van der Waals surface area contributed by atoms with Crippen molar-refractivity contribution in [1.29, 1.82) is 0 Å². The van der Waals surface area contributed by atoms with Gasteiger partial charge in [-0.1, -0.05) is 4.49 Å². The maximum absolute atomic E-state index is 12.8. The van der Waals surface area contributed by atoms with Gasteiger partial charge in [-0.15, -0.1) is 15.3 Å². The minimum Gasteiger partial charge on any atom is -0.454 e. The van der Waals surface area contributed by atoms with Crippen LogP contribution in [0.15, 0.2) is 22.6 Å². The number of benzene rings is 1. The average molecular weight is 399 g/mol. The Hall–Kier alpha value is -3.01. The molecule has 1 aromatic carbocycles. The minimum atomic E-state index is -0.0345. The van der Waals surface area contributed by atoms with E-state index in [4.69, 9.17) is 13.9 Å². The van der Waals surface area contributed by atoms with Gasteiger partial charge in [0.2, 0.25) is 18.6 Å². The molecule has 1 fully saturated rings. The van der Waals surface area contributed by atoms with Crippen molar-refractivity contribution in [2.24, 2.45) is 0 Å². The number of nitrogens with zero attached hydrogens (tertiary/aromatic N) is 5. The second kappa shape index (κ2) is 6.86. The lowest BCUT2D eigenvalue weighted by atomic mass is 9.98. The first-order valence-electron chi connectivity index (χ1n) is 9.00. The van der Waals surface area contributed by atoms with Crippen molar-refractivity contribution in [2.45, 2.75) is 25.7 Å². The summed E-state index contributed by atoms with van der Waals surface area (Å²) in [6.45, 7) is 3.26. The fourth-order valence-electron chi connectivity index (χ4n) is 3.48. The number of fused-ring (bicyclic) bond motifs is 1. The predicted octanol–water partition coefficient (Wildman–Crippen LogP) is 2.65. The normalized spacial score (nSPS) is 18.5. The molecule has 0 unspecified atom stereocenters. The number of hydrogen-bond acceptors (Lipinski definition) is 9.